The summed E-state index contributed by atoms with van der Waals surface area (Å²) in [5.41, 5.74) is 2.66. The summed E-state index contributed by atoms with van der Waals surface area (Å²) in [5.74, 6) is 1.70. The van der Waals surface area contributed by atoms with E-state index in [1.807, 2.05) is 19.1 Å². The van der Waals surface area contributed by atoms with Crippen molar-refractivity contribution < 1.29 is 19.4 Å². The van der Waals surface area contributed by atoms with Crippen molar-refractivity contribution in [2.75, 3.05) is 14.2 Å². The van der Waals surface area contributed by atoms with Gasteiger partial charge in [0.25, 0.3) is 0 Å². The quantitative estimate of drug-likeness (QED) is 0.553. The first-order chi connectivity index (χ1) is 15.8. The van der Waals surface area contributed by atoms with Gasteiger partial charge in [-0.2, -0.15) is 5.26 Å². The third-order valence-corrected chi connectivity index (χ3v) is 6.81. The Morgan fingerprint density at radius 3 is 2.55 bits per heavy atom. The number of rotatable bonds is 7. The van der Waals surface area contributed by atoms with Crippen LogP contribution in [0.5, 0.6) is 5.75 Å². The Morgan fingerprint density at radius 1 is 1.21 bits per heavy atom. The monoisotopic (exact) mass is 448 g/mol. The van der Waals surface area contributed by atoms with Crippen LogP contribution in [-0.4, -0.2) is 45.0 Å². The Kier molecular flexibility index (Phi) is 5.17. The molecule has 1 aromatic carbocycles. The van der Waals surface area contributed by atoms with Crippen molar-refractivity contribution in [1.82, 2.24) is 14.1 Å². The first-order valence-electron chi connectivity index (χ1n) is 11.3. The molecule has 2 fully saturated rings. The van der Waals surface area contributed by atoms with Gasteiger partial charge in [-0.1, -0.05) is 0 Å². The number of aromatic nitrogens is 3. The Balaban J connectivity index is 1.69. The van der Waals surface area contributed by atoms with E-state index in [1.165, 1.54) is 20.0 Å². The van der Waals surface area contributed by atoms with Crippen LogP contribution in [0.1, 0.15) is 48.7 Å². The molecule has 0 bridgehead atoms. The Bertz CT molecular complexity index is 1270. The summed E-state index contributed by atoms with van der Waals surface area (Å²) >= 11 is 0. The van der Waals surface area contributed by atoms with Crippen molar-refractivity contribution in [2.24, 2.45) is 11.8 Å². The molecule has 0 unspecified atom stereocenters. The summed E-state index contributed by atoms with van der Waals surface area (Å²) < 4.78 is 14.8. The molecule has 2 heterocycles. The van der Waals surface area contributed by atoms with Crippen LogP contribution in [0.2, 0.25) is 0 Å². The number of hydrogen-bond acceptors (Lipinski definition) is 6. The zero-order valence-electron chi connectivity index (χ0n) is 19.2. The maximum Gasteiger partial charge on any atom is 0.338 e. The summed E-state index contributed by atoms with van der Waals surface area (Å²) in [6.07, 6.45) is 3.77. The predicted molar refractivity (Wildman–Crippen MR) is 122 cm³/mol. The SMILES string of the molecule is COC(=O)c1cc(OC)c2c(c1)nc(-c1ccc(C#N)n1CC1CC1)n2CC1CC(C)(O)C1. The van der Waals surface area contributed by atoms with Crippen molar-refractivity contribution >= 4 is 17.0 Å². The van der Waals surface area contributed by atoms with Gasteiger partial charge in [0, 0.05) is 13.1 Å². The lowest BCUT2D eigenvalue weighted by molar-refractivity contribution is -0.0613. The molecular weight excluding hydrogens is 420 g/mol. The molecule has 3 aromatic rings. The fourth-order valence-corrected chi connectivity index (χ4v) is 5.08. The summed E-state index contributed by atoms with van der Waals surface area (Å²) in [5, 5.41) is 20.0. The van der Waals surface area contributed by atoms with Gasteiger partial charge in [-0.05, 0) is 68.7 Å². The minimum Gasteiger partial charge on any atom is -0.494 e. The number of imidazole rings is 1. The average molecular weight is 449 g/mol. The van der Waals surface area contributed by atoms with Gasteiger partial charge in [-0.25, -0.2) is 9.78 Å². The second kappa shape index (κ2) is 7.92. The molecule has 0 saturated heterocycles. The lowest BCUT2D eigenvalue weighted by atomic mass is 9.72. The highest BCUT2D eigenvalue weighted by atomic mass is 16.5. The molecule has 0 radical (unpaired) electrons. The summed E-state index contributed by atoms with van der Waals surface area (Å²) in [4.78, 5) is 17.2. The smallest absolute Gasteiger partial charge is 0.338 e. The maximum atomic E-state index is 12.2. The number of methoxy groups -OCH3 is 2. The first-order valence-corrected chi connectivity index (χ1v) is 11.3. The third kappa shape index (κ3) is 3.87. The van der Waals surface area contributed by atoms with Gasteiger partial charge in [-0.3, -0.25) is 0 Å². The summed E-state index contributed by atoms with van der Waals surface area (Å²) in [7, 11) is 2.92. The number of carbonyl (C=O) groups is 1. The Labute approximate surface area is 192 Å². The van der Waals surface area contributed by atoms with E-state index in [0.29, 0.717) is 53.7 Å². The van der Waals surface area contributed by atoms with E-state index in [2.05, 4.69) is 15.2 Å². The fourth-order valence-electron chi connectivity index (χ4n) is 5.08. The summed E-state index contributed by atoms with van der Waals surface area (Å²) in [6.45, 7) is 3.31. The van der Waals surface area contributed by atoms with Crippen LogP contribution >= 0.6 is 0 Å². The topological polar surface area (TPSA) is 102 Å². The second-order valence-corrected chi connectivity index (χ2v) is 9.62. The zero-order valence-corrected chi connectivity index (χ0v) is 19.2. The van der Waals surface area contributed by atoms with E-state index in [1.54, 1.807) is 19.2 Å². The number of carbonyl (C=O) groups excluding carboxylic acids is 1. The molecule has 5 rings (SSSR count). The molecule has 33 heavy (non-hydrogen) atoms. The van der Waals surface area contributed by atoms with Crippen LogP contribution in [0.15, 0.2) is 24.3 Å². The molecule has 8 heteroatoms. The van der Waals surface area contributed by atoms with Crippen molar-refractivity contribution in [1.29, 1.82) is 5.26 Å². The number of nitrogens with zero attached hydrogens (tertiary/aromatic N) is 4. The Hall–Kier alpha value is -3.31. The molecule has 2 aliphatic rings. The number of ether oxygens (including phenoxy) is 2. The van der Waals surface area contributed by atoms with Crippen LogP contribution in [0.3, 0.4) is 0 Å². The highest BCUT2D eigenvalue weighted by Gasteiger charge is 2.39. The lowest BCUT2D eigenvalue weighted by Crippen LogP contribution is -2.42. The lowest BCUT2D eigenvalue weighted by Gasteiger charge is -2.41. The normalized spacial score (nSPS) is 22.1. The molecule has 8 nitrogen and oxygen atoms in total. The van der Waals surface area contributed by atoms with Gasteiger partial charge in [0.1, 0.15) is 23.0 Å². The van der Waals surface area contributed by atoms with Gasteiger partial charge in [0.2, 0.25) is 0 Å². The van der Waals surface area contributed by atoms with Gasteiger partial charge < -0.3 is 23.7 Å². The largest absolute Gasteiger partial charge is 0.494 e. The second-order valence-electron chi connectivity index (χ2n) is 9.62. The number of aliphatic hydroxyl groups is 1. The zero-order chi connectivity index (χ0) is 23.3. The van der Waals surface area contributed by atoms with Crippen molar-refractivity contribution in [2.45, 2.75) is 51.3 Å². The van der Waals surface area contributed by atoms with Crippen LogP contribution in [0.4, 0.5) is 0 Å². The van der Waals surface area contributed by atoms with Crippen LogP contribution in [-0.2, 0) is 17.8 Å². The fraction of sp³-hybridized carbons (Fsp3) is 0.480. The maximum absolute atomic E-state index is 12.2. The van der Waals surface area contributed by atoms with Crippen LogP contribution in [0.25, 0.3) is 22.6 Å². The predicted octanol–water partition coefficient (Wildman–Crippen LogP) is 3.74. The molecule has 172 valence electrons. The van der Waals surface area contributed by atoms with E-state index in [9.17, 15) is 15.2 Å². The minimum atomic E-state index is -0.635. The molecule has 0 aliphatic heterocycles. The molecular formula is C25H28N4O4. The highest BCUT2D eigenvalue weighted by molar-refractivity contribution is 5.97. The third-order valence-electron chi connectivity index (χ3n) is 6.81. The van der Waals surface area contributed by atoms with E-state index < -0.39 is 11.6 Å². The summed E-state index contributed by atoms with van der Waals surface area (Å²) in [6, 6.07) is 9.49. The van der Waals surface area contributed by atoms with Gasteiger partial charge in [-0.15, -0.1) is 0 Å². The molecule has 2 aromatic heterocycles. The number of hydrogen-bond donors (Lipinski definition) is 1. The standard InChI is InChI=1S/C25H28N4O4/c1-25(31)10-16(11-25)14-29-22-19(8-17(24(30)33-3)9-21(22)32-2)27-23(29)20-7-6-18(12-26)28(20)13-15-4-5-15/h6-9,15-16,31H,4-5,10-11,13-14H2,1-3H3. The minimum absolute atomic E-state index is 0.295. The average Bonchev–Trinajstić information content (AvgIpc) is 3.40. The van der Waals surface area contributed by atoms with Crippen molar-refractivity contribution in [3.63, 3.8) is 0 Å². The molecule has 1 N–H and O–H groups in total. The number of esters is 1. The van der Waals surface area contributed by atoms with E-state index in [4.69, 9.17) is 14.5 Å². The number of benzene rings is 1. The van der Waals surface area contributed by atoms with Crippen molar-refractivity contribution in [3.05, 3.63) is 35.5 Å². The first kappa shape index (κ1) is 21.5. The molecule has 2 saturated carbocycles. The van der Waals surface area contributed by atoms with E-state index >= 15 is 0 Å². The molecule has 0 amide bonds. The van der Waals surface area contributed by atoms with Crippen molar-refractivity contribution in [3.8, 4) is 23.3 Å². The van der Waals surface area contributed by atoms with Gasteiger partial charge >= 0.3 is 5.97 Å². The van der Waals surface area contributed by atoms with Crippen LogP contribution < -0.4 is 4.74 Å². The Morgan fingerprint density at radius 2 is 1.94 bits per heavy atom. The molecule has 0 atom stereocenters. The van der Waals surface area contributed by atoms with Crippen LogP contribution in [0, 0.1) is 23.2 Å². The molecule has 2 aliphatic carbocycles. The van der Waals surface area contributed by atoms with E-state index in [0.717, 1.165) is 23.6 Å². The van der Waals surface area contributed by atoms with Gasteiger partial charge in [0.15, 0.2) is 5.82 Å². The highest BCUT2D eigenvalue weighted by Crippen LogP contribution is 2.42. The van der Waals surface area contributed by atoms with E-state index in [-0.39, 0.29) is 0 Å². The van der Waals surface area contributed by atoms with Gasteiger partial charge in [0.05, 0.1) is 36.6 Å². The number of nitriles is 1. The molecule has 0 spiro atoms. The number of fused-ring (bicyclic) bond motifs is 1.